The second-order valence-electron chi connectivity index (χ2n) is 5.46. The fourth-order valence-electron chi connectivity index (χ4n) is 2.32. The first-order chi connectivity index (χ1) is 9.82. The molecule has 21 heavy (non-hydrogen) atoms. The van der Waals surface area contributed by atoms with Crippen LogP contribution in [0.1, 0.15) is 39.5 Å². The Kier molecular flexibility index (Phi) is 6.33. The van der Waals surface area contributed by atoms with Gasteiger partial charge in [0, 0.05) is 18.9 Å². The zero-order chi connectivity index (χ0) is 16.0. The van der Waals surface area contributed by atoms with Crippen LogP contribution in [0.25, 0.3) is 0 Å². The number of Topliss-reactive ketones (excluding diaryl/α,β-unsaturated/α-hetero) is 1. The Labute approximate surface area is 123 Å². The minimum absolute atomic E-state index is 0.0321. The molecule has 0 aromatic carbocycles. The Bertz CT molecular complexity index is 435. The van der Waals surface area contributed by atoms with E-state index in [0.29, 0.717) is 25.7 Å². The Morgan fingerprint density at radius 1 is 1.24 bits per heavy atom. The number of carboxylic acid groups (broad SMARTS) is 1. The Balaban J connectivity index is 2.89. The summed E-state index contributed by atoms with van der Waals surface area (Å²) >= 11 is 0. The van der Waals surface area contributed by atoms with Gasteiger partial charge < -0.3 is 15.7 Å². The number of hydrogen-bond acceptors (Lipinski definition) is 4. The fourth-order valence-corrected chi connectivity index (χ4v) is 2.32. The van der Waals surface area contributed by atoms with E-state index in [9.17, 15) is 24.3 Å². The van der Waals surface area contributed by atoms with Gasteiger partial charge >= 0.3 is 5.97 Å². The highest BCUT2D eigenvalue weighted by Gasteiger charge is 2.31. The maximum Gasteiger partial charge on any atom is 0.307 e. The van der Waals surface area contributed by atoms with Crippen molar-refractivity contribution in [3.63, 3.8) is 0 Å². The van der Waals surface area contributed by atoms with Gasteiger partial charge in [0.05, 0.1) is 5.92 Å². The molecule has 1 aliphatic heterocycles. The number of carbonyl (C=O) groups excluding carboxylic acids is 3. The molecule has 1 heterocycles. The van der Waals surface area contributed by atoms with Gasteiger partial charge in [0.1, 0.15) is 6.04 Å². The summed E-state index contributed by atoms with van der Waals surface area (Å²) in [6, 6.07) is -0.822. The molecule has 7 heteroatoms. The molecule has 3 unspecified atom stereocenters. The van der Waals surface area contributed by atoms with E-state index in [2.05, 4.69) is 10.6 Å². The van der Waals surface area contributed by atoms with Crippen molar-refractivity contribution in [2.45, 2.75) is 45.6 Å². The van der Waals surface area contributed by atoms with E-state index < -0.39 is 29.8 Å². The van der Waals surface area contributed by atoms with E-state index in [1.54, 1.807) is 6.92 Å². The number of rotatable bonds is 2. The molecule has 2 amide bonds. The van der Waals surface area contributed by atoms with Crippen molar-refractivity contribution < 1.29 is 24.3 Å². The number of ketones is 1. The summed E-state index contributed by atoms with van der Waals surface area (Å²) in [5, 5.41) is 14.4. The van der Waals surface area contributed by atoms with Crippen LogP contribution in [0.3, 0.4) is 0 Å². The molecule has 0 spiro atoms. The van der Waals surface area contributed by atoms with E-state index in [1.807, 2.05) is 0 Å². The van der Waals surface area contributed by atoms with E-state index in [1.165, 1.54) is 6.92 Å². The van der Waals surface area contributed by atoms with Crippen LogP contribution in [0.5, 0.6) is 0 Å². The number of carboxylic acids is 1. The van der Waals surface area contributed by atoms with E-state index in [-0.39, 0.29) is 18.2 Å². The minimum Gasteiger partial charge on any atom is -0.481 e. The van der Waals surface area contributed by atoms with Crippen LogP contribution in [0, 0.1) is 11.8 Å². The van der Waals surface area contributed by atoms with Crippen molar-refractivity contribution in [3.05, 3.63) is 0 Å². The lowest BCUT2D eigenvalue weighted by molar-refractivity contribution is -0.147. The van der Waals surface area contributed by atoms with Crippen LogP contribution in [-0.4, -0.2) is 41.3 Å². The molecule has 0 aromatic heterocycles. The van der Waals surface area contributed by atoms with Crippen molar-refractivity contribution in [1.29, 1.82) is 0 Å². The van der Waals surface area contributed by atoms with Gasteiger partial charge in [-0.25, -0.2) is 0 Å². The second-order valence-corrected chi connectivity index (χ2v) is 5.46. The first-order valence-corrected chi connectivity index (χ1v) is 7.13. The molecule has 0 aliphatic carbocycles. The molecule has 1 aliphatic rings. The molecule has 1 saturated heterocycles. The smallest absolute Gasteiger partial charge is 0.307 e. The van der Waals surface area contributed by atoms with Crippen LogP contribution in [0.15, 0.2) is 0 Å². The van der Waals surface area contributed by atoms with Crippen molar-refractivity contribution in [3.8, 4) is 0 Å². The number of aliphatic carboxylic acids is 1. The third-order valence-corrected chi connectivity index (χ3v) is 3.81. The van der Waals surface area contributed by atoms with Crippen molar-refractivity contribution in [2.75, 3.05) is 6.54 Å². The summed E-state index contributed by atoms with van der Waals surface area (Å²) in [6.07, 6.45) is 1.76. The summed E-state index contributed by atoms with van der Waals surface area (Å²) in [7, 11) is 0. The Morgan fingerprint density at radius 3 is 2.48 bits per heavy atom. The number of amides is 2. The van der Waals surface area contributed by atoms with Gasteiger partial charge in [-0.3, -0.25) is 19.2 Å². The molecule has 0 bridgehead atoms. The largest absolute Gasteiger partial charge is 0.481 e. The normalized spacial score (nSPS) is 28.6. The van der Waals surface area contributed by atoms with Gasteiger partial charge in [0.25, 0.3) is 0 Å². The lowest BCUT2D eigenvalue weighted by atomic mass is 9.88. The van der Waals surface area contributed by atoms with Gasteiger partial charge in [-0.05, 0) is 19.8 Å². The van der Waals surface area contributed by atoms with E-state index in [4.69, 9.17) is 0 Å². The first-order valence-electron chi connectivity index (χ1n) is 7.13. The summed E-state index contributed by atoms with van der Waals surface area (Å²) < 4.78 is 0. The third-order valence-electron chi connectivity index (χ3n) is 3.81. The lowest BCUT2D eigenvalue weighted by Gasteiger charge is -2.24. The molecule has 3 atom stereocenters. The highest BCUT2D eigenvalue weighted by molar-refractivity contribution is 5.90. The molecule has 118 valence electrons. The van der Waals surface area contributed by atoms with Crippen molar-refractivity contribution in [1.82, 2.24) is 10.6 Å². The summed E-state index contributed by atoms with van der Waals surface area (Å²) in [4.78, 5) is 46.5. The first kappa shape index (κ1) is 17.1. The van der Waals surface area contributed by atoms with Crippen LogP contribution in [0.4, 0.5) is 0 Å². The van der Waals surface area contributed by atoms with Gasteiger partial charge in [-0.1, -0.05) is 13.3 Å². The topological polar surface area (TPSA) is 113 Å². The quantitative estimate of drug-likeness (QED) is 0.668. The molecular weight excluding hydrogens is 276 g/mol. The predicted octanol–water partition coefficient (Wildman–Crippen LogP) is 0.0873. The second kappa shape index (κ2) is 7.75. The van der Waals surface area contributed by atoms with Gasteiger partial charge in [0.15, 0.2) is 5.78 Å². The monoisotopic (exact) mass is 298 g/mol. The van der Waals surface area contributed by atoms with E-state index in [0.717, 1.165) is 0 Å². The highest BCUT2D eigenvalue weighted by atomic mass is 16.4. The number of nitrogens with one attached hydrogen (secondary N) is 2. The maximum absolute atomic E-state index is 12.1. The molecule has 7 nitrogen and oxygen atoms in total. The molecule has 1 fully saturated rings. The summed E-state index contributed by atoms with van der Waals surface area (Å²) in [6.45, 7) is 2.91. The highest BCUT2D eigenvalue weighted by Crippen LogP contribution is 2.20. The third kappa shape index (κ3) is 5.17. The van der Waals surface area contributed by atoms with Crippen LogP contribution in [0.2, 0.25) is 0 Å². The van der Waals surface area contributed by atoms with Crippen LogP contribution >= 0.6 is 0 Å². The maximum atomic E-state index is 12.1. The molecular formula is C14H22N2O5. The summed E-state index contributed by atoms with van der Waals surface area (Å²) in [5.41, 5.74) is 0. The average molecular weight is 298 g/mol. The van der Waals surface area contributed by atoms with Crippen molar-refractivity contribution >= 4 is 23.6 Å². The fraction of sp³-hybridized carbons (Fsp3) is 0.714. The minimum atomic E-state index is -1.03. The predicted molar refractivity (Wildman–Crippen MR) is 74.4 cm³/mol. The Morgan fingerprint density at radius 2 is 1.90 bits per heavy atom. The van der Waals surface area contributed by atoms with Crippen LogP contribution in [-0.2, 0) is 19.2 Å². The lowest BCUT2D eigenvalue weighted by Crippen LogP contribution is -2.50. The SMILES string of the molecule is CC(=O)C1CNC(=O)CCCCC(C(=O)O)C(C)C(=O)N1. The zero-order valence-electron chi connectivity index (χ0n) is 12.3. The molecule has 0 saturated carbocycles. The zero-order valence-corrected chi connectivity index (χ0v) is 12.3. The number of carbonyl (C=O) groups is 4. The van der Waals surface area contributed by atoms with Gasteiger partial charge in [-0.2, -0.15) is 0 Å². The van der Waals surface area contributed by atoms with Crippen molar-refractivity contribution in [2.24, 2.45) is 11.8 Å². The van der Waals surface area contributed by atoms with Crippen LogP contribution < -0.4 is 10.6 Å². The Hall–Kier alpha value is -1.92. The molecule has 3 N–H and O–H groups in total. The summed E-state index contributed by atoms with van der Waals surface area (Å²) in [5.74, 6) is -3.51. The molecule has 1 rings (SSSR count). The van der Waals surface area contributed by atoms with E-state index >= 15 is 0 Å². The number of hydrogen-bond donors (Lipinski definition) is 3. The molecule has 0 aromatic rings. The van der Waals surface area contributed by atoms with Gasteiger partial charge in [-0.15, -0.1) is 0 Å². The standard InChI is InChI=1S/C14H22N2O5/c1-8-10(14(20)21)5-3-4-6-12(18)15-7-11(9(2)17)16-13(8)19/h8,10-11H,3-7H2,1-2H3,(H,15,18)(H,16,19)(H,20,21). The van der Waals surface area contributed by atoms with Gasteiger partial charge in [0.2, 0.25) is 11.8 Å². The average Bonchev–Trinajstić information content (AvgIpc) is 2.40. The molecule has 0 radical (unpaired) electrons.